The van der Waals surface area contributed by atoms with Gasteiger partial charge in [0.15, 0.2) is 0 Å². The van der Waals surface area contributed by atoms with Crippen molar-refractivity contribution in [1.29, 1.82) is 0 Å². The Morgan fingerprint density at radius 2 is 1.76 bits per heavy atom. The minimum atomic E-state index is -0.338. The molecule has 0 saturated carbocycles. The molecule has 1 aliphatic heterocycles. The van der Waals surface area contributed by atoms with E-state index in [9.17, 15) is 14.4 Å². The van der Waals surface area contributed by atoms with Gasteiger partial charge in [-0.25, -0.2) is 0 Å². The molecule has 0 aromatic heterocycles. The van der Waals surface area contributed by atoms with Gasteiger partial charge in [0.2, 0.25) is 11.8 Å². The summed E-state index contributed by atoms with van der Waals surface area (Å²) in [6, 6.07) is 14.3. The summed E-state index contributed by atoms with van der Waals surface area (Å²) in [6.45, 7) is 0.813. The van der Waals surface area contributed by atoms with Gasteiger partial charge in [-0.05, 0) is 35.9 Å². The molecule has 2 aromatic rings. The van der Waals surface area contributed by atoms with E-state index in [0.29, 0.717) is 24.5 Å². The van der Waals surface area contributed by atoms with Gasteiger partial charge in [0.1, 0.15) is 18.1 Å². The lowest BCUT2D eigenvalue weighted by Crippen LogP contribution is -2.44. The van der Waals surface area contributed by atoms with Gasteiger partial charge in [-0.2, -0.15) is 0 Å². The summed E-state index contributed by atoms with van der Waals surface area (Å²) in [7, 11) is 3.27. The molecule has 3 amide bonds. The van der Waals surface area contributed by atoms with Gasteiger partial charge >= 0.3 is 0 Å². The number of carbonyl (C=O) groups excluding carboxylic acids is 3. The first-order valence-electron chi connectivity index (χ1n) is 9.43. The van der Waals surface area contributed by atoms with Crippen LogP contribution in [0.4, 0.5) is 0 Å². The van der Waals surface area contributed by atoms with Crippen molar-refractivity contribution in [2.24, 2.45) is 0 Å². The van der Waals surface area contributed by atoms with Crippen LogP contribution in [0.15, 0.2) is 48.5 Å². The third-order valence-corrected chi connectivity index (χ3v) is 4.87. The molecule has 0 spiro atoms. The SMILES string of the molecule is COc1ccc(OCCN(C)C(=O)CCN2C(=O)Cc3ccccc3C2=O)cc1. The van der Waals surface area contributed by atoms with Crippen LogP contribution in [-0.4, -0.2) is 61.4 Å². The van der Waals surface area contributed by atoms with Gasteiger partial charge in [0.25, 0.3) is 5.91 Å². The van der Waals surface area contributed by atoms with E-state index in [1.807, 2.05) is 6.07 Å². The van der Waals surface area contributed by atoms with E-state index in [1.54, 1.807) is 56.6 Å². The summed E-state index contributed by atoms with van der Waals surface area (Å²) >= 11 is 0. The molecule has 0 radical (unpaired) electrons. The summed E-state index contributed by atoms with van der Waals surface area (Å²) in [5.41, 5.74) is 1.26. The van der Waals surface area contributed by atoms with Crippen LogP contribution in [0.1, 0.15) is 22.3 Å². The number of imide groups is 1. The highest BCUT2D eigenvalue weighted by molar-refractivity contribution is 6.09. The molecule has 0 fully saturated rings. The normalized spacial score (nSPS) is 13.1. The van der Waals surface area contributed by atoms with Crippen molar-refractivity contribution in [3.8, 4) is 11.5 Å². The Labute approximate surface area is 169 Å². The third kappa shape index (κ3) is 4.93. The highest BCUT2D eigenvalue weighted by atomic mass is 16.5. The molecule has 0 atom stereocenters. The van der Waals surface area contributed by atoms with Crippen LogP contribution in [0.2, 0.25) is 0 Å². The molecule has 3 rings (SSSR count). The van der Waals surface area contributed by atoms with E-state index in [1.165, 1.54) is 9.80 Å². The Bertz CT molecular complexity index is 894. The standard InChI is InChI=1S/C22H24N2O5/c1-23(13-14-29-18-9-7-17(28-2)8-10-18)20(25)11-12-24-21(26)15-16-5-3-4-6-19(16)22(24)27/h3-10H,11-15H2,1-2H3. The molecule has 0 unspecified atom stereocenters. The fourth-order valence-electron chi connectivity index (χ4n) is 3.12. The Balaban J connectivity index is 1.46. The molecule has 29 heavy (non-hydrogen) atoms. The quantitative estimate of drug-likeness (QED) is 0.639. The molecule has 0 saturated heterocycles. The lowest BCUT2D eigenvalue weighted by molar-refractivity contribution is -0.132. The van der Waals surface area contributed by atoms with E-state index in [-0.39, 0.29) is 37.1 Å². The Hall–Kier alpha value is -3.35. The van der Waals surface area contributed by atoms with Crippen molar-refractivity contribution in [2.45, 2.75) is 12.8 Å². The second kappa shape index (κ2) is 9.23. The number of methoxy groups -OCH3 is 1. The molecule has 2 aromatic carbocycles. The molecule has 152 valence electrons. The molecule has 0 N–H and O–H groups in total. The Kier molecular flexibility index (Phi) is 6.49. The average molecular weight is 396 g/mol. The summed E-state index contributed by atoms with van der Waals surface area (Å²) < 4.78 is 10.7. The van der Waals surface area contributed by atoms with Crippen molar-refractivity contribution in [3.63, 3.8) is 0 Å². The maximum absolute atomic E-state index is 12.5. The van der Waals surface area contributed by atoms with Crippen LogP contribution in [0.25, 0.3) is 0 Å². The highest BCUT2D eigenvalue weighted by Gasteiger charge is 2.30. The van der Waals surface area contributed by atoms with E-state index in [2.05, 4.69) is 0 Å². The predicted molar refractivity (Wildman–Crippen MR) is 107 cm³/mol. The first kappa shape index (κ1) is 20.4. The topological polar surface area (TPSA) is 76.2 Å². The van der Waals surface area contributed by atoms with Gasteiger partial charge in [-0.15, -0.1) is 0 Å². The zero-order valence-corrected chi connectivity index (χ0v) is 16.6. The molecular weight excluding hydrogens is 372 g/mol. The molecule has 1 heterocycles. The van der Waals surface area contributed by atoms with Crippen LogP contribution in [0.5, 0.6) is 11.5 Å². The fraction of sp³-hybridized carbons (Fsp3) is 0.318. The summed E-state index contributed by atoms with van der Waals surface area (Å²) in [6.07, 6.45) is 0.264. The van der Waals surface area contributed by atoms with Gasteiger partial charge < -0.3 is 14.4 Å². The number of nitrogens with zero attached hydrogens (tertiary/aromatic N) is 2. The van der Waals surface area contributed by atoms with Crippen LogP contribution < -0.4 is 9.47 Å². The molecule has 7 nitrogen and oxygen atoms in total. The van der Waals surface area contributed by atoms with Crippen LogP contribution in [0.3, 0.4) is 0 Å². The first-order chi connectivity index (χ1) is 14.0. The van der Waals surface area contributed by atoms with Gasteiger partial charge in [-0.3, -0.25) is 19.3 Å². The third-order valence-electron chi connectivity index (χ3n) is 4.87. The summed E-state index contributed by atoms with van der Waals surface area (Å²) in [5, 5.41) is 0. The van der Waals surface area contributed by atoms with E-state index < -0.39 is 0 Å². The van der Waals surface area contributed by atoms with Gasteiger partial charge in [-0.1, -0.05) is 18.2 Å². The van der Waals surface area contributed by atoms with Crippen molar-refractivity contribution in [3.05, 3.63) is 59.7 Å². The number of hydrogen-bond donors (Lipinski definition) is 0. The summed E-state index contributed by atoms with van der Waals surface area (Å²) in [5.74, 6) is 0.675. The number of rotatable bonds is 8. The molecule has 7 heteroatoms. The minimum absolute atomic E-state index is 0.0779. The van der Waals surface area contributed by atoms with E-state index in [0.717, 1.165) is 11.3 Å². The van der Waals surface area contributed by atoms with Gasteiger partial charge in [0.05, 0.1) is 20.1 Å². The summed E-state index contributed by atoms with van der Waals surface area (Å²) in [4.78, 5) is 39.9. The lowest BCUT2D eigenvalue weighted by Gasteiger charge is -2.27. The minimum Gasteiger partial charge on any atom is -0.497 e. The number of fused-ring (bicyclic) bond motifs is 1. The average Bonchev–Trinajstić information content (AvgIpc) is 2.73. The zero-order chi connectivity index (χ0) is 20.8. The van der Waals surface area contributed by atoms with Gasteiger partial charge in [0, 0.05) is 25.6 Å². The zero-order valence-electron chi connectivity index (χ0n) is 16.6. The second-order valence-corrected chi connectivity index (χ2v) is 6.77. The van der Waals surface area contributed by atoms with Crippen molar-refractivity contribution in [2.75, 3.05) is 33.9 Å². The van der Waals surface area contributed by atoms with E-state index in [4.69, 9.17) is 9.47 Å². The number of ether oxygens (including phenoxy) is 2. The van der Waals surface area contributed by atoms with Crippen molar-refractivity contribution in [1.82, 2.24) is 9.80 Å². The monoisotopic (exact) mass is 396 g/mol. The maximum atomic E-state index is 12.5. The largest absolute Gasteiger partial charge is 0.497 e. The number of hydrogen-bond acceptors (Lipinski definition) is 5. The van der Waals surface area contributed by atoms with Crippen molar-refractivity contribution < 1.29 is 23.9 Å². The number of likely N-dealkylation sites (N-methyl/N-ethyl adjacent to an activating group) is 1. The fourth-order valence-corrected chi connectivity index (χ4v) is 3.12. The lowest BCUT2D eigenvalue weighted by atomic mass is 9.98. The Morgan fingerprint density at radius 3 is 2.48 bits per heavy atom. The molecule has 0 aliphatic carbocycles. The second-order valence-electron chi connectivity index (χ2n) is 6.77. The molecule has 1 aliphatic rings. The molecular formula is C22H24N2O5. The Morgan fingerprint density at radius 1 is 1.07 bits per heavy atom. The smallest absolute Gasteiger partial charge is 0.260 e. The van der Waals surface area contributed by atoms with Crippen molar-refractivity contribution >= 4 is 17.7 Å². The number of amides is 3. The molecule has 0 bridgehead atoms. The predicted octanol–water partition coefficient (Wildman–Crippen LogP) is 2.15. The number of benzene rings is 2. The maximum Gasteiger partial charge on any atom is 0.260 e. The van der Waals surface area contributed by atoms with Crippen LogP contribution in [0, 0.1) is 0 Å². The first-order valence-corrected chi connectivity index (χ1v) is 9.43. The van der Waals surface area contributed by atoms with Crippen LogP contribution in [-0.2, 0) is 16.0 Å². The number of carbonyl (C=O) groups is 3. The van der Waals surface area contributed by atoms with E-state index >= 15 is 0 Å². The highest BCUT2D eigenvalue weighted by Crippen LogP contribution is 2.20. The van der Waals surface area contributed by atoms with Crippen LogP contribution >= 0.6 is 0 Å².